The number of ether oxygens (including phenoxy) is 1. The summed E-state index contributed by atoms with van der Waals surface area (Å²) in [6.45, 7) is 9.03. The second-order valence-electron chi connectivity index (χ2n) is 5.05. The van der Waals surface area contributed by atoms with Gasteiger partial charge < -0.3 is 4.74 Å². The summed E-state index contributed by atoms with van der Waals surface area (Å²) in [5.41, 5.74) is 0. The highest BCUT2D eigenvalue weighted by Gasteiger charge is 2.24. The van der Waals surface area contributed by atoms with Crippen LogP contribution in [-0.4, -0.2) is 12.2 Å². The highest BCUT2D eigenvalue weighted by molar-refractivity contribution is 4.88. The molecule has 1 heteroatoms. The molecule has 4 unspecified atom stereocenters. The first kappa shape index (κ1) is 12.8. The molecule has 0 bridgehead atoms. The molecule has 0 N–H and O–H groups in total. The molecule has 0 aromatic heterocycles. The molecule has 1 nitrogen and oxygen atoms in total. The molecule has 1 aliphatic rings. The fourth-order valence-corrected chi connectivity index (χ4v) is 2.23. The van der Waals surface area contributed by atoms with E-state index in [1.807, 2.05) is 0 Å². The molecular formula is C14H26O. The molecule has 0 saturated carbocycles. The highest BCUT2D eigenvalue weighted by atomic mass is 16.5. The van der Waals surface area contributed by atoms with Gasteiger partial charge in [0.1, 0.15) is 0 Å². The molecule has 1 rings (SSSR count). The molecule has 0 aromatic rings. The van der Waals surface area contributed by atoms with E-state index in [4.69, 9.17) is 4.74 Å². The summed E-state index contributed by atoms with van der Waals surface area (Å²) < 4.78 is 5.86. The molecule has 0 radical (unpaired) electrons. The highest BCUT2D eigenvalue weighted by Crippen LogP contribution is 2.27. The molecule has 4 atom stereocenters. The van der Waals surface area contributed by atoms with Gasteiger partial charge in [-0.05, 0) is 44.4 Å². The zero-order valence-electron chi connectivity index (χ0n) is 10.7. The van der Waals surface area contributed by atoms with Crippen LogP contribution in [0.2, 0.25) is 0 Å². The monoisotopic (exact) mass is 210 g/mol. The minimum Gasteiger partial charge on any atom is -0.375 e. The van der Waals surface area contributed by atoms with Crippen molar-refractivity contribution in [3.63, 3.8) is 0 Å². The summed E-state index contributed by atoms with van der Waals surface area (Å²) in [6, 6.07) is 0. The molecule has 0 amide bonds. The number of rotatable bonds is 5. The van der Waals surface area contributed by atoms with Crippen molar-refractivity contribution in [1.82, 2.24) is 0 Å². The van der Waals surface area contributed by atoms with Crippen LogP contribution in [0.5, 0.6) is 0 Å². The maximum atomic E-state index is 5.86. The van der Waals surface area contributed by atoms with Crippen LogP contribution in [0.1, 0.15) is 53.4 Å². The minimum absolute atomic E-state index is 0.490. The molecule has 1 saturated heterocycles. The standard InChI is InChI=1S/C14H26O/c1-5-6-7-11(2)12(3)10-14-9-8-13(4)15-14/h6-7,11-14H,5,8-10H2,1-4H3. The lowest BCUT2D eigenvalue weighted by Crippen LogP contribution is -2.16. The van der Waals surface area contributed by atoms with Crippen molar-refractivity contribution in [2.45, 2.75) is 65.6 Å². The lowest BCUT2D eigenvalue weighted by Gasteiger charge is -2.20. The molecule has 1 fully saturated rings. The Bertz CT molecular complexity index is 198. The fourth-order valence-electron chi connectivity index (χ4n) is 2.23. The lowest BCUT2D eigenvalue weighted by molar-refractivity contribution is 0.0393. The molecule has 1 aliphatic heterocycles. The van der Waals surface area contributed by atoms with Crippen LogP contribution >= 0.6 is 0 Å². The van der Waals surface area contributed by atoms with Gasteiger partial charge in [-0.1, -0.05) is 32.9 Å². The summed E-state index contributed by atoms with van der Waals surface area (Å²) in [6.07, 6.45) is 10.5. The predicted molar refractivity (Wildman–Crippen MR) is 65.9 cm³/mol. The van der Waals surface area contributed by atoms with Gasteiger partial charge >= 0.3 is 0 Å². The Labute approximate surface area is 94.9 Å². The molecule has 15 heavy (non-hydrogen) atoms. The Morgan fingerprint density at radius 3 is 2.60 bits per heavy atom. The third kappa shape index (κ3) is 4.38. The van der Waals surface area contributed by atoms with E-state index in [0.717, 1.165) is 12.3 Å². The zero-order chi connectivity index (χ0) is 11.3. The van der Waals surface area contributed by atoms with Crippen molar-refractivity contribution in [2.75, 3.05) is 0 Å². The third-order valence-corrected chi connectivity index (χ3v) is 3.53. The van der Waals surface area contributed by atoms with E-state index >= 15 is 0 Å². The molecule has 0 aromatic carbocycles. The van der Waals surface area contributed by atoms with Gasteiger partial charge in [-0.3, -0.25) is 0 Å². The SMILES string of the molecule is CCC=CC(C)C(C)CC1CCC(C)O1. The zero-order valence-corrected chi connectivity index (χ0v) is 10.7. The maximum Gasteiger partial charge on any atom is 0.0582 e. The van der Waals surface area contributed by atoms with E-state index in [-0.39, 0.29) is 0 Å². The largest absolute Gasteiger partial charge is 0.375 e. The number of allylic oxidation sites excluding steroid dienone is 2. The van der Waals surface area contributed by atoms with Crippen molar-refractivity contribution >= 4 is 0 Å². The van der Waals surface area contributed by atoms with E-state index in [9.17, 15) is 0 Å². The first-order chi connectivity index (χ1) is 7.13. The number of hydrogen-bond donors (Lipinski definition) is 0. The van der Waals surface area contributed by atoms with Gasteiger partial charge in [-0.2, -0.15) is 0 Å². The van der Waals surface area contributed by atoms with Crippen LogP contribution < -0.4 is 0 Å². The fraction of sp³-hybridized carbons (Fsp3) is 0.857. The Hall–Kier alpha value is -0.300. The normalized spacial score (nSPS) is 30.9. The van der Waals surface area contributed by atoms with Crippen LogP contribution in [0.4, 0.5) is 0 Å². The lowest BCUT2D eigenvalue weighted by atomic mass is 9.89. The Kier molecular flexibility index (Phi) is 5.38. The van der Waals surface area contributed by atoms with Crippen molar-refractivity contribution < 1.29 is 4.74 Å². The Balaban J connectivity index is 2.28. The van der Waals surface area contributed by atoms with Crippen molar-refractivity contribution in [3.05, 3.63) is 12.2 Å². The summed E-state index contributed by atoms with van der Waals surface area (Å²) in [7, 11) is 0. The molecule has 1 heterocycles. The van der Waals surface area contributed by atoms with Crippen molar-refractivity contribution in [3.8, 4) is 0 Å². The second kappa shape index (κ2) is 6.32. The van der Waals surface area contributed by atoms with E-state index in [1.165, 1.54) is 19.3 Å². The van der Waals surface area contributed by atoms with Gasteiger partial charge in [0.15, 0.2) is 0 Å². The van der Waals surface area contributed by atoms with Crippen LogP contribution in [0, 0.1) is 11.8 Å². The average molecular weight is 210 g/mol. The summed E-state index contributed by atoms with van der Waals surface area (Å²) in [5.74, 6) is 1.42. The van der Waals surface area contributed by atoms with E-state index in [0.29, 0.717) is 18.1 Å². The first-order valence-electron chi connectivity index (χ1n) is 6.45. The van der Waals surface area contributed by atoms with E-state index in [2.05, 4.69) is 39.8 Å². The van der Waals surface area contributed by atoms with E-state index < -0.39 is 0 Å². The quantitative estimate of drug-likeness (QED) is 0.618. The van der Waals surface area contributed by atoms with Crippen molar-refractivity contribution in [1.29, 1.82) is 0 Å². The molecule has 0 aliphatic carbocycles. The van der Waals surface area contributed by atoms with Crippen LogP contribution in [0.3, 0.4) is 0 Å². The van der Waals surface area contributed by atoms with Gasteiger partial charge in [0.25, 0.3) is 0 Å². The molecule has 88 valence electrons. The third-order valence-electron chi connectivity index (χ3n) is 3.53. The van der Waals surface area contributed by atoms with Crippen LogP contribution in [0.25, 0.3) is 0 Å². The van der Waals surface area contributed by atoms with Gasteiger partial charge in [-0.15, -0.1) is 0 Å². The predicted octanol–water partition coefficient (Wildman–Crippen LogP) is 4.18. The van der Waals surface area contributed by atoms with Crippen molar-refractivity contribution in [2.24, 2.45) is 11.8 Å². The summed E-state index contributed by atoms with van der Waals surface area (Å²) in [5, 5.41) is 0. The topological polar surface area (TPSA) is 9.23 Å². The van der Waals surface area contributed by atoms with E-state index in [1.54, 1.807) is 0 Å². The van der Waals surface area contributed by atoms with Gasteiger partial charge in [0, 0.05) is 0 Å². The van der Waals surface area contributed by atoms with Gasteiger partial charge in [0.05, 0.1) is 12.2 Å². The minimum atomic E-state index is 0.490. The maximum absolute atomic E-state index is 5.86. The molecule has 0 spiro atoms. The number of hydrogen-bond acceptors (Lipinski definition) is 1. The summed E-state index contributed by atoms with van der Waals surface area (Å²) in [4.78, 5) is 0. The summed E-state index contributed by atoms with van der Waals surface area (Å²) >= 11 is 0. The molecular weight excluding hydrogens is 184 g/mol. The average Bonchev–Trinajstić information content (AvgIpc) is 2.60. The van der Waals surface area contributed by atoms with Gasteiger partial charge in [0.2, 0.25) is 0 Å². The van der Waals surface area contributed by atoms with Crippen LogP contribution in [0.15, 0.2) is 12.2 Å². The van der Waals surface area contributed by atoms with Gasteiger partial charge in [-0.25, -0.2) is 0 Å². The first-order valence-corrected chi connectivity index (χ1v) is 6.45. The Morgan fingerprint density at radius 2 is 2.07 bits per heavy atom. The smallest absolute Gasteiger partial charge is 0.0582 e. The van der Waals surface area contributed by atoms with Crippen LogP contribution in [-0.2, 0) is 4.74 Å². The Morgan fingerprint density at radius 1 is 1.33 bits per heavy atom. The second-order valence-corrected chi connectivity index (χ2v) is 5.05.